The highest BCUT2D eigenvalue weighted by Gasteiger charge is 2.17. The van der Waals surface area contributed by atoms with Gasteiger partial charge in [0.15, 0.2) is 12.2 Å². The van der Waals surface area contributed by atoms with Crippen LogP contribution in [0.25, 0.3) is 11.1 Å². The van der Waals surface area contributed by atoms with E-state index in [0.717, 1.165) is 38.8 Å². The van der Waals surface area contributed by atoms with Crippen LogP contribution >= 0.6 is 0 Å². The molecule has 7 nitrogen and oxygen atoms in total. The summed E-state index contributed by atoms with van der Waals surface area (Å²) in [6.45, 7) is 1.38. The lowest BCUT2D eigenvalue weighted by molar-refractivity contribution is -0.152. The molecule has 1 aliphatic rings. The summed E-state index contributed by atoms with van der Waals surface area (Å²) in [5, 5.41) is 0. The lowest BCUT2D eigenvalue weighted by Crippen LogP contribution is -2.35. The summed E-state index contributed by atoms with van der Waals surface area (Å²) in [5.74, 6) is -1.16. The minimum atomic E-state index is -0.505. The molecule has 1 aromatic carbocycles. The molecule has 0 unspecified atom stereocenters. The van der Waals surface area contributed by atoms with E-state index < -0.39 is 11.7 Å². The molecule has 1 fully saturated rings. The predicted molar refractivity (Wildman–Crippen MR) is 91.1 cm³/mol. The molecule has 0 bridgehead atoms. The number of aryl methyl sites for hydroxylation is 1. The summed E-state index contributed by atoms with van der Waals surface area (Å²) in [5.41, 5.74) is 1.12. The van der Waals surface area contributed by atoms with Gasteiger partial charge in [0.05, 0.1) is 11.9 Å². The minimum absolute atomic E-state index is 0.0106. The average Bonchev–Trinajstić information content (AvgIpc) is 2.79. The Morgan fingerprint density at radius 2 is 1.80 bits per heavy atom. The van der Waals surface area contributed by atoms with Crippen molar-refractivity contribution >= 4 is 23.0 Å². The molecule has 0 saturated carbocycles. The molecular formula is C18H22N2O5. The van der Waals surface area contributed by atoms with E-state index in [2.05, 4.69) is 0 Å². The molecule has 3 rings (SSSR count). The van der Waals surface area contributed by atoms with Crippen LogP contribution < -0.4 is 5.76 Å². The fourth-order valence-electron chi connectivity index (χ4n) is 3.05. The van der Waals surface area contributed by atoms with Crippen LogP contribution in [0, 0.1) is 0 Å². The highest BCUT2D eigenvalue weighted by atomic mass is 16.5. The molecule has 2 heterocycles. The Kier molecular flexibility index (Phi) is 5.53. The Bertz CT molecular complexity index is 799. The van der Waals surface area contributed by atoms with Crippen LogP contribution in [0.4, 0.5) is 0 Å². The molecule has 0 radical (unpaired) electrons. The SMILES string of the molecule is O=C(CCn1c(=O)oc2ccccc21)OCC(=O)N1CCCCCC1. The molecule has 1 amide bonds. The number of aromatic nitrogens is 1. The maximum Gasteiger partial charge on any atom is 0.419 e. The first-order valence-electron chi connectivity index (χ1n) is 8.67. The number of fused-ring (bicyclic) bond motifs is 1. The molecule has 134 valence electrons. The third kappa shape index (κ3) is 4.29. The van der Waals surface area contributed by atoms with Crippen molar-refractivity contribution in [1.82, 2.24) is 9.47 Å². The van der Waals surface area contributed by atoms with Crippen molar-refractivity contribution in [2.45, 2.75) is 38.6 Å². The number of ether oxygens (including phenoxy) is 1. The van der Waals surface area contributed by atoms with E-state index in [1.54, 1.807) is 29.2 Å². The van der Waals surface area contributed by atoms with Gasteiger partial charge in [-0.25, -0.2) is 4.79 Å². The van der Waals surface area contributed by atoms with Crippen LogP contribution in [0.5, 0.6) is 0 Å². The average molecular weight is 346 g/mol. The minimum Gasteiger partial charge on any atom is -0.456 e. The predicted octanol–water partition coefficient (Wildman–Crippen LogP) is 1.93. The van der Waals surface area contributed by atoms with Crippen LogP contribution in [0.2, 0.25) is 0 Å². The van der Waals surface area contributed by atoms with Gasteiger partial charge < -0.3 is 14.1 Å². The molecule has 0 atom stereocenters. The first-order chi connectivity index (χ1) is 12.1. The number of para-hydroxylation sites is 2. The normalized spacial score (nSPS) is 15.1. The highest BCUT2D eigenvalue weighted by Crippen LogP contribution is 2.12. The standard InChI is InChI=1S/C18H22N2O5/c21-16(19-10-5-1-2-6-11-19)13-24-17(22)9-12-20-14-7-3-4-8-15(14)25-18(20)23/h3-4,7-8H,1-2,5-6,9-13H2. The van der Waals surface area contributed by atoms with Crippen LogP contribution in [-0.4, -0.2) is 41.0 Å². The van der Waals surface area contributed by atoms with Gasteiger partial charge in [0, 0.05) is 19.6 Å². The molecule has 0 aliphatic carbocycles. The molecular weight excluding hydrogens is 324 g/mol. The first-order valence-corrected chi connectivity index (χ1v) is 8.67. The van der Waals surface area contributed by atoms with Crippen LogP contribution in [0.1, 0.15) is 32.1 Å². The molecule has 2 aromatic rings. The summed E-state index contributed by atoms with van der Waals surface area (Å²) in [4.78, 5) is 37.6. The second-order valence-corrected chi connectivity index (χ2v) is 6.19. The van der Waals surface area contributed by atoms with Gasteiger partial charge in [-0.15, -0.1) is 0 Å². The van der Waals surface area contributed by atoms with E-state index >= 15 is 0 Å². The van der Waals surface area contributed by atoms with Crippen molar-refractivity contribution in [1.29, 1.82) is 0 Å². The largest absolute Gasteiger partial charge is 0.456 e. The maximum atomic E-state index is 12.1. The number of esters is 1. The summed E-state index contributed by atoms with van der Waals surface area (Å²) in [6.07, 6.45) is 4.27. The second-order valence-electron chi connectivity index (χ2n) is 6.19. The van der Waals surface area contributed by atoms with Gasteiger partial charge in [-0.1, -0.05) is 25.0 Å². The van der Waals surface area contributed by atoms with Gasteiger partial charge in [-0.3, -0.25) is 14.2 Å². The number of likely N-dealkylation sites (tertiary alicyclic amines) is 1. The number of rotatable bonds is 5. The molecule has 0 spiro atoms. The molecule has 7 heteroatoms. The summed E-state index contributed by atoms with van der Waals surface area (Å²) >= 11 is 0. The van der Waals surface area contributed by atoms with E-state index in [1.807, 2.05) is 0 Å². The van der Waals surface area contributed by atoms with E-state index in [0.29, 0.717) is 11.1 Å². The van der Waals surface area contributed by atoms with Gasteiger partial charge in [-0.05, 0) is 25.0 Å². The molecule has 1 aliphatic heterocycles. The smallest absolute Gasteiger partial charge is 0.419 e. The molecule has 1 aromatic heterocycles. The van der Waals surface area contributed by atoms with Crippen molar-refractivity contribution in [3.05, 3.63) is 34.8 Å². The van der Waals surface area contributed by atoms with E-state index in [1.165, 1.54) is 4.57 Å². The van der Waals surface area contributed by atoms with E-state index in [9.17, 15) is 14.4 Å². The topological polar surface area (TPSA) is 81.7 Å². The van der Waals surface area contributed by atoms with Crippen molar-refractivity contribution in [2.75, 3.05) is 19.7 Å². The summed E-state index contributed by atoms with van der Waals surface area (Å²) < 4.78 is 11.6. The van der Waals surface area contributed by atoms with Crippen LogP contribution in [0.15, 0.2) is 33.5 Å². The zero-order valence-electron chi connectivity index (χ0n) is 14.1. The number of carbonyl (C=O) groups is 2. The van der Waals surface area contributed by atoms with Crippen LogP contribution in [-0.2, 0) is 20.9 Å². The Balaban J connectivity index is 1.50. The Hall–Kier alpha value is -2.57. The highest BCUT2D eigenvalue weighted by molar-refractivity contribution is 5.80. The summed E-state index contributed by atoms with van der Waals surface area (Å²) in [6, 6.07) is 7.03. The number of amides is 1. The van der Waals surface area contributed by atoms with Crippen LogP contribution in [0.3, 0.4) is 0 Å². The van der Waals surface area contributed by atoms with Gasteiger partial charge in [0.1, 0.15) is 0 Å². The number of oxazole rings is 1. The number of carbonyl (C=O) groups excluding carboxylic acids is 2. The fourth-order valence-corrected chi connectivity index (χ4v) is 3.05. The molecule has 25 heavy (non-hydrogen) atoms. The van der Waals surface area contributed by atoms with Crippen molar-refractivity contribution in [3.63, 3.8) is 0 Å². The zero-order valence-corrected chi connectivity index (χ0v) is 14.1. The third-order valence-electron chi connectivity index (χ3n) is 4.43. The summed E-state index contributed by atoms with van der Waals surface area (Å²) in [7, 11) is 0. The number of benzene rings is 1. The maximum absolute atomic E-state index is 12.1. The van der Waals surface area contributed by atoms with Gasteiger partial charge >= 0.3 is 11.7 Å². The molecule has 0 N–H and O–H groups in total. The number of nitrogens with zero attached hydrogens (tertiary/aromatic N) is 2. The van der Waals surface area contributed by atoms with Crippen molar-refractivity contribution in [3.8, 4) is 0 Å². The number of hydrogen-bond acceptors (Lipinski definition) is 5. The second kappa shape index (κ2) is 8.00. The first kappa shape index (κ1) is 17.3. The Morgan fingerprint density at radius 1 is 1.08 bits per heavy atom. The van der Waals surface area contributed by atoms with Crippen molar-refractivity contribution < 1.29 is 18.7 Å². The van der Waals surface area contributed by atoms with E-state index in [4.69, 9.17) is 9.15 Å². The third-order valence-corrected chi connectivity index (χ3v) is 4.43. The number of hydrogen-bond donors (Lipinski definition) is 0. The molecule has 1 saturated heterocycles. The van der Waals surface area contributed by atoms with Crippen molar-refractivity contribution in [2.24, 2.45) is 0 Å². The fraction of sp³-hybridized carbons (Fsp3) is 0.500. The lowest BCUT2D eigenvalue weighted by atomic mass is 10.2. The van der Waals surface area contributed by atoms with Gasteiger partial charge in [0.25, 0.3) is 5.91 Å². The lowest BCUT2D eigenvalue weighted by Gasteiger charge is -2.19. The monoisotopic (exact) mass is 346 g/mol. The zero-order chi connectivity index (χ0) is 17.6. The Morgan fingerprint density at radius 3 is 2.56 bits per heavy atom. The van der Waals surface area contributed by atoms with Gasteiger partial charge in [-0.2, -0.15) is 0 Å². The Labute approximate surface area is 145 Å². The van der Waals surface area contributed by atoms with E-state index in [-0.39, 0.29) is 25.5 Å². The quantitative estimate of drug-likeness (QED) is 0.773. The van der Waals surface area contributed by atoms with Gasteiger partial charge in [0.2, 0.25) is 0 Å².